The van der Waals surface area contributed by atoms with Crippen molar-refractivity contribution in [3.8, 4) is 0 Å². The largest absolute Gasteiger partial charge is 0.353 e. The first-order valence-electron chi connectivity index (χ1n) is 11.4. The van der Waals surface area contributed by atoms with Crippen molar-refractivity contribution < 1.29 is 4.79 Å². The Morgan fingerprint density at radius 2 is 1.65 bits per heavy atom. The second-order valence-corrected chi connectivity index (χ2v) is 9.26. The molecule has 3 fully saturated rings. The number of amides is 2. The topological polar surface area (TPSA) is 57.3 Å². The van der Waals surface area contributed by atoms with E-state index in [-0.39, 0.29) is 6.03 Å². The van der Waals surface area contributed by atoms with Gasteiger partial charge >= 0.3 is 6.03 Å². The molecule has 0 radical (unpaired) electrons. The number of urea groups is 1. The summed E-state index contributed by atoms with van der Waals surface area (Å²) in [6.07, 6.45) is 5.33. The third-order valence-electron chi connectivity index (χ3n) is 6.77. The van der Waals surface area contributed by atoms with Gasteiger partial charge in [-0.15, -0.1) is 0 Å². The van der Waals surface area contributed by atoms with Gasteiger partial charge in [0.05, 0.1) is 5.52 Å². The minimum absolute atomic E-state index is 0.245. The summed E-state index contributed by atoms with van der Waals surface area (Å²) in [7, 11) is 0. The molecular formula is C26H30N4O. The molecule has 1 saturated carbocycles. The number of hydrogen-bond acceptors (Lipinski definition) is 3. The zero-order valence-electron chi connectivity index (χ0n) is 18.3. The van der Waals surface area contributed by atoms with E-state index < -0.39 is 0 Å². The molecule has 1 aromatic heterocycles. The molecule has 2 aliphatic heterocycles. The molecule has 2 amide bonds. The van der Waals surface area contributed by atoms with Crippen LogP contribution in [0.2, 0.25) is 0 Å². The highest BCUT2D eigenvalue weighted by Crippen LogP contribution is 2.37. The molecule has 6 rings (SSSR count). The summed E-state index contributed by atoms with van der Waals surface area (Å²) in [6, 6.07) is 18.5. The van der Waals surface area contributed by atoms with Gasteiger partial charge in [0.15, 0.2) is 0 Å². The van der Waals surface area contributed by atoms with Crippen molar-refractivity contribution in [2.24, 2.45) is 5.92 Å². The Morgan fingerprint density at radius 1 is 0.935 bits per heavy atom. The molecule has 3 aliphatic rings. The lowest BCUT2D eigenvalue weighted by atomic mass is 9.80. The van der Waals surface area contributed by atoms with Gasteiger partial charge in [-0.25, -0.2) is 9.78 Å². The Morgan fingerprint density at radius 3 is 2.32 bits per heavy atom. The molecule has 2 saturated heterocycles. The first-order valence-corrected chi connectivity index (χ1v) is 11.4. The highest BCUT2D eigenvalue weighted by atomic mass is 16.2. The standard InChI is InChI=1S/C26H30N4O/c1-17(2)19-5-8-21(9-6-19)27-26(31)28-22-10-13-24-20(15-22)7-14-25(29-24)30-16-18-3-11-23(30)12-4-18/h5-10,13-15,17-18,23H,3-4,11-12,16H2,1-2H3,(H2,27,28,31). The number of benzene rings is 2. The summed E-state index contributed by atoms with van der Waals surface area (Å²) in [5.74, 6) is 2.39. The van der Waals surface area contributed by atoms with Gasteiger partial charge in [0.1, 0.15) is 5.82 Å². The monoisotopic (exact) mass is 414 g/mol. The number of nitrogens with zero attached hydrogens (tertiary/aromatic N) is 2. The van der Waals surface area contributed by atoms with E-state index in [9.17, 15) is 4.79 Å². The highest BCUT2D eigenvalue weighted by Gasteiger charge is 2.34. The molecule has 0 spiro atoms. The van der Waals surface area contributed by atoms with Crippen LogP contribution < -0.4 is 15.5 Å². The molecule has 0 atom stereocenters. The summed E-state index contributed by atoms with van der Waals surface area (Å²) in [6.45, 7) is 5.45. The van der Waals surface area contributed by atoms with Gasteiger partial charge in [-0.05, 0) is 85.5 Å². The Kier molecular flexibility index (Phi) is 5.26. The van der Waals surface area contributed by atoms with Gasteiger partial charge in [-0.1, -0.05) is 26.0 Å². The van der Waals surface area contributed by atoms with Crippen molar-refractivity contribution in [2.75, 3.05) is 22.1 Å². The van der Waals surface area contributed by atoms with E-state index in [4.69, 9.17) is 4.98 Å². The maximum absolute atomic E-state index is 12.4. The first-order chi connectivity index (χ1) is 15.0. The lowest BCUT2D eigenvalue weighted by molar-refractivity contribution is 0.251. The second kappa shape index (κ2) is 8.22. The Labute approximate surface area is 183 Å². The van der Waals surface area contributed by atoms with Crippen LogP contribution in [-0.2, 0) is 0 Å². The van der Waals surface area contributed by atoms with Crippen LogP contribution in [0.15, 0.2) is 54.6 Å². The maximum Gasteiger partial charge on any atom is 0.323 e. The summed E-state index contributed by atoms with van der Waals surface area (Å²) in [4.78, 5) is 19.9. The predicted molar refractivity (Wildman–Crippen MR) is 128 cm³/mol. The minimum atomic E-state index is -0.245. The number of carbonyl (C=O) groups is 1. The van der Waals surface area contributed by atoms with Crippen LogP contribution >= 0.6 is 0 Å². The lowest BCUT2D eigenvalue weighted by Crippen LogP contribution is -2.48. The molecule has 160 valence electrons. The number of pyridine rings is 1. The summed E-state index contributed by atoms with van der Waals surface area (Å²) < 4.78 is 0. The number of hydrogen-bond donors (Lipinski definition) is 2. The molecule has 5 heteroatoms. The van der Waals surface area contributed by atoms with E-state index in [1.54, 1.807) is 0 Å². The van der Waals surface area contributed by atoms with Crippen molar-refractivity contribution >= 4 is 34.1 Å². The number of nitrogens with one attached hydrogen (secondary N) is 2. The second-order valence-electron chi connectivity index (χ2n) is 9.26. The van der Waals surface area contributed by atoms with E-state index in [0.717, 1.165) is 40.6 Å². The van der Waals surface area contributed by atoms with Crippen LogP contribution in [0.3, 0.4) is 0 Å². The van der Waals surface area contributed by atoms with Gasteiger partial charge in [-0.3, -0.25) is 0 Å². The molecule has 3 heterocycles. The fraction of sp³-hybridized carbons (Fsp3) is 0.385. The fourth-order valence-electron chi connectivity index (χ4n) is 4.94. The van der Waals surface area contributed by atoms with Crippen molar-refractivity contribution in [2.45, 2.75) is 51.5 Å². The number of fused-ring (bicyclic) bond motifs is 4. The number of piperidine rings is 2. The Hall–Kier alpha value is -3.08. The average Bonchev–Trinajstić information content (AvgIpc) is 2.79. The van der Waals surface area contributed by atoms with E-state index in [1.807, 2.05) is 42.5 Å². The van der Waals surface area contributed by atoms with Crippen molar-refractivity contribution in [1.29, 1.82) is 0 Å². The molecule has 2 bridgehead atoms. The molecule has 5 nitrogen and oxygen atoms in total. The van der Waals surface area contributed by atoms with Gasteiger partial charge in [0.2, 0.25) is 0 Å². The smallest absolute Gasteiger partial charge is 0.323 e. The average molecular weight is 415 g/mol. The van der Waals surface area contributed by atoms with E-state index in [0.29, 0.717) is 12.0 Å². The molecule has 1 aliphatic carbocycles. The van der Waals surface area contributed by atoms with E-state index >= 15 is 0 Å². The van der Waals surface area contributed by atoms with Crippen molar-refractivity contribution in [1.82, 2.24) is 4.98 Å². The third kappa shape index (κ3) is 4.22. The SMILES string of the molecule is CC(C)c1ccc(NC(=O)Nc2ccc3nc(N4CC5CCC4CC5)ccc3c2)cc1. The van der Waals surface area contributed by atoms with Gasteiger partial charge < -0.3 is 15.5 Å². The maximum atomic E-state index is 12.4. The molecule has 31 heavy (non-hydrogen) atoms. The Balaban J connectivity index is 1.27. The number of aromatic nitrogens is 1. The summed E-state index contributed by atoms with van der Waals surface area (Å²) >= 11 is 0. The van der Waals surface area contributed by atoms with Crippen LogP contribution in [0.1, 0.15) is 51.0 Å². The van der Waals surface area contributed by atoms with Crippen LogP contribution in [0.4, 0.5) is 22.0 Å². The van der Waals surface area contributed by atoms with Gasteiger partial charge in [0, 0.05) is 29.3 Å². The molecule has 3 aromatic rings. The molecule has 2 N–H and O–H groups in total. The van der Waals surface area contributed by atoms with E-state index in [1.165, 1.54) is 31.2 Å². The predicted octanol–water partition coefficient (Wildman–Crippen LogP) is 6.38. The fourth-order valence-corrected chi connectivity index (χ4v) is 4.94. The highest BCUT2D eigenvalue weighted by molar-refractivity contribution is 6.01. The molecule has 0 unspecified atom stereocenters. The zero-order valence-corrected chi connectivity index (χ0v) is 18.3. The number of carbonyl (C=O) groups excluding carboxylic acids is 1. The summed E-state index contributed by atoms with van der Waals surface area (Å²) in [5, 5.41) is 6.86. The van der Waals surface area contributed by atoms with Crippen LogP contribution in [0.25, 0.3) is 10.9 Å². The van der Waals surface area contributed by atoms with Crippen LogP contribution in [-0.4, -0.2) is 23.6 Å². The summed E-state index contributed by atoms with van der Waals surface area (Å²) in [5.41, 5.74) is 3.76. The number of anilines is 3. The van der Waals surface area contributed by atoms with Crippen molar-refractivity contribution in [3.63, 3.8) is 0 Å². The minimum Gasteiger partial charge on any atom is -0.353 e. The first kappa shape index (κ1) is 19.9. The quantitative estimate of drug-likeness (QED) is 0.521. The number of rotatable bonds is 4. The van der Waals surface area contributed by atoms with Crippen LogP contribution in [0.5, 0.6) is 0 Å². The Bertz CT molecular complexity index is 1080. The van der Waals surface area contributed by atoms with Gasteiger partial charge in [-0.2, -0.15) is 0 Å². The molecule has 2 aromatic carbocycles. The zero-order chi connectivity index (χ0) is 21.4. The van der Waals surface area contributed by atoms with Crippen molar-refractivity contribution in [3.05, 3.63) is 60.2 Å². The van der Waals surface area contributed by atoms with E-state index in [2.05, 4.69) is 41.5 Å². The third-order valence-corrected chi connectivity index (χ3v) is 6.77. The van der Waals surface area contributed by atoms with Gasteiger partial charge in [0.25, 0.3) is 0 Å². The lowest BCUT2D eigenvalue weighted by Gasteiger charge is -2.46. The normalized spacial score (nSPS) is 20.3. The van der Waals surface area contributed by atoms with Crippen LogP contribution in [0, 0.1) is 5.92 Å². The molecular weight excluding hydrogens is 384 g/mol.